The van der Waals surface area contributed by atoms with Crippen LogP contribution in [0.3, 0.4) is 0 Å². The van der Waals surface area contributed by atoms with Crippen molar-refractivity contribution in [2.75, 3.05) is 6.61 Å². The number of ether oxygens (including phenoxy) is 1. The van der Waals surface area contributed by atoms with Crippen LogP contribution in [0, 0.1) is 10.1 Å². The summed E-state index contributed by atoms with van der Waals surface area (Å²) < 4.78 is 4.96. The van der Waals surface area contributed by atoms with Crippen molar-refractivity contribution < 1.29 is 24.0 Å². The Balaban J connectivity index is 1.89. The molecule has 28 heavy (non-hydrogen) atoms. The van der Waals surface area contributed by atoms with E-state index in [0.29, 0.717) is 5.56 Å². The molecule has 0 bridgehead atoms. The molecule has 0 aliphatic rings. The van der Waals surface area contributed by atoms with Gasteiger partial charge in [0.05, 0.1) is 4.92 Å². The molecule has 0 aromatic heterocycles. The van der Waals surface area contributed by atoms with Gasteiger partial charge in [0, 0.05) is 23.3 Å². The average Bonchev–Trinajstić information content (AvgIpc) is 2.71. The van der Waals surface area contributed by atoms with Crippen molar-refractivity contribution in [1.29, 1.82) is 0 Å². The minimum atomic E-state index is -1.03. The fourth-order valence-electron chi connectivity index (χ4n) is 2.37. The Morgan fingerprint density at radius 2 is 1.79 bits per heavy atom. The number of Topliss-reactive ketones (excluding diaryl/α,β-unsaturated/α-hetero) is 1. The normalized spacial score (nSPS) is 11.4. The third-order valence-corrected chi connectivity index (χ3v) is 4.05. The number of nitro benzene ring substituents is 1. The molecule has 0 saturated carbocycles. The topological polar surface area (TPSA) is 116 Å². The van der Waals surface area contributed by atoms with Crippen LogP contribution in [-0.4, -0.2) is 35.2 Å². The Kier molecular flexibility index (Phi) is 6.97. The number of nitro groups is 1. The van der Waals surface area contributed by atoms with E-state index in [9.17, 15) is 24.5 Å². The third-order valence-electron chi connectivity index (χ3n) is 4.05. The van der Waals surface area contributed by atoms with Gasteiger partial charge in [0.25, 0.3) is 11.6 Å². The molecule has 1 N–H and O–H groups in total. The van der Waals surface area contributed by atoms with E-state index in [2.05, 4.69) is 5.32 Å². The van der Waals surface area contributed by atoms with E-state index in [1.54, 1.807) is 12.1 Å². The van der Waals surface area contributed by atoms with Gasteiger partial charge in [0.2, 0.25) is 0 Å². The molecule has 0 spiro atoms. The summed E-state index contributed by atoms with van der Waals surface area (Å²) in [5, 5.41) is 13.2. The zero-order valence-electron chi connectivity index (χ0n) is 15.5. The molecular formula is C20H20N2O6. The van der Waals surface area contributed by atoms with Crippen LogP contribution in [0.2, 0.25) is 0 Å². The lowest BCUT2D eigenvalue weighted by Crippen LogP contribution is -2.40. The molecule has 8 heteroatoms. The molecule has 146 valence electrons. The van der Waals surface area contributed by atoms with Crippen molar-refractivity contribution in [2.24, 2.45) is 0 Å². The second-order valence-electron chi connectivity index (χ2n) is 6.08. The molecule has 0 fully saturated rings. The van der Waals surface area contributed by atoms with Crippen LogP contribution in [0.15, 0.2) is 48.5 Å². The highest BCUT2D eigenvalue weighted by atomic mass is 16.6. The lowest BCUT2D eigenvalue weighted by molar-refractivity contribution is -0.384. The fraction of sp³-hybridized carbons (Fsp3) is 0.250. The van der Waals surface area contributed by atoms with Gasteiger partial charge in [0.1, 0.15) is 6.04 Å². The molecular weight excluding hydrogens is 364 g/mol. The van der Waals surface area contributed by atoms with Crippen molar-refractivity contribution in [1.82, 2.24) is 5.32 Å². The van der Waals surface area contributed by atoms with Crippen molar-refractivity contribution in [3.63, 3.8) is 0 Å². The number of esters is 1. The van der Waals surface area contributed by atoms with Crippen LogP contribution in [0.25, 0.3) is 0 Å². The first-order chi connectivity index (χ1) is 13.3. The highest BCUT2D eigenvalue weighted by molar-refractivity contribution is 5.99. The number of carbonyl (C=O) groups is 3. The van der Waals surface area contributed by atoms with E-state index in [1.165, 1.54) is 25.1 Å². The summed E-state index contributed by atoms with van der Waals surface area (Å²) in [7, 11) is 0. The van der Waals surface area contributed by atoms with Gasteiger partial charge in [-0.1, -0.05) is 37.3 Å². The molecule has 0 heterocycles. The van der Waals surface area contributed by atoms with E-state index in [4.69, 9.17) is 4.74 Å². The predicted octanol–water partition coefficient (Wildman–Crippen LogP) is 2.70. The van der Waals surface area contributed by atoms with E-state index in [1.807, 2.05) is 19.1 Å². The number of non-ortho nitro benzene ring substituents is 1. The number of carbonyl (C=O) groups excluding carboxylic acids is 3. The average molecular weight is 384 g/mol. The van der Waals surface area contributed by atoms with Crippen molar-refractivity contribution in [3.05, 3.63) is 75.3 Å². The van der Waals surface area contributed by atoms with Crippen LogP contribution in [0.5, 0.6) is 0 Å². The predicted molar refractivity (Wildman–Crippen MR) is 101 cm³/mol. The van der Waals surface area contributed by atoms with Crippen LogP contribution in [0.4, 0.5) is 5.69 Å². The molecule has 1 unspecified atom stereocenters. The minimum Gasteiger partial charge on any atom is -0.456 e. The van der Waals surface area contributed by atoms with Gasteiger partial charge in [-0.15, -0.1) is 0 Å². The molecule has 0 aliphatic heterocycles. The molecule has 8 nitrogen and oxygen atoms in total. The first kappa shape index (κ1) is 20.8. The lowest BCUT2D eigenvalue weighted by atomic mass is 10.1. The highest BCUT2D eigenvalue weighted by Crippen LogP contribution is 2.13. The number of nitrogens with one attached hydrogen (secondary N) is 1. The zero-order valence-corrected chi connectivity index (χ0v) is 15.5. The van der Waals surface area contributed by atoms with Gasteiger partial charge in [-0.25, -0.2) is 4.79 Å². The first-order valence-electron chi connectivity index (χ1n) is 8.66. The molecule has 1 atom stereocenters. The number of nitrogens with zero attached hydrogens (tertiary/aromatic N) is 1. The Morgan fingerprint density at radius 3 is 2.39 bits per heavy atom. The van der Waals surface area contributed by atoms with Crippen LogP contribution >= 0.6 is 0 Å². The maximum absolute atomic E-state index is 12.1. The highest BCUT2D eigenvalue weighted by Gasteiger charge is 2.20. The Bertz CT molecular complexity index is 892. The van der Waals surface area contributed by atoms with Gasteiger partial charge < -0.3 is 10.1 Å². The standard InChI is InChI=1S/C20H20N2O6/c1-3-14-7-9-15(10-8-14)18(23)12-28-20(25)13(2)21-19(24)16-5-4-6-17(11-16)22(26)27/h4-11,13H,3,12H2,1-2H3,(H,21,24). The summed E-state index contributed by atoms with van der Waals surface area (Å²) in [5.41, 5.74) is 1.33. The molecule has 0 saturated heterocycles. The SMILES string of the molecule is CCc1ccc(C(=O)COC(=O)C(C)NC(=O)c2cccc([N+](=O)[O-])c2)cc1. The number of ketones is 1. The van der Waals surface area contributed by atoms with E-state index >= 15 is 0 Å². The van der Waals surface area contributed by atoms with Gasteiger partial charge in [-0.05, 0) is 25.0 Å². The zero-order chi connectivity index (χ0) is 20.7. The van der Waals surface area contributed by atoms with Crippen molar-refractivity contribution in [2.45, 2.75) is 26.3 Å². The largest absolute Gasteiger partial charge is 0.456 e. The molecule has 2 aromatic carbocycles. The number of rotatable bonds is 8. The second kappa shape index (κ2) is 9.40. The molecule has 0 radical (unpaired) electrons. The van der Waals surface area contributed by atoms with E-state index < -0.39 is 29.4 Å². The summed E-state index contributed by atoms with van der Waals surface area (Å²) in [4.78, 5) is 46.4. The fourth-order valence-corrected chi connectivity index (χ4v) is 2.37. The van der Waals surface area contributed by atoms with Crippen LogP contribution < -0.4 is 5.32 Å². The molecule has 2 aromatic rings. The van der Waals surface area contributed by atoms with E-state index in [-0.39, 0.29) is 17.0 Å². The Labute approximate surface area is 161 Å². The molecule has 1 amide bonds. The van der Waals surface area contributed by atoms with E-state index in [0.717, 1.165) is 18.1 Å². The Hall–Kier alpha value is -3.55. The lowest BCUT2D eigenvalue weighted by Gasteiger charge is -2.13. The maximum atomic E-state index is 12.1. The van der Waals surface area contributed by atoms with Gasteiger partial charge >= 0.3 is 5.97 Å². The summed E-state index contributed by atoms with van der Waals surface area (Å²) in [6.45, 7) is 2.96. The maximum Gasteiger partial charge on any atom is 0.328 e. The van der Waals surface area contributed by atoms with Gasteiger partial charge in [0.15, 0.2) is 12.4 Å². The Morgan fingerprint density at radius 1 is 1.11 bits per heavy atom. The number of benzene rings is 2. The number of aryl methyl sites for hydroxylation is 1. The summed E-state index contributed by atoms with van der Waals surface area (Å²) >= 11 is 0. The minimum absolute atomic E-state index is 0.0425. The number of hydrogen-bond donors (Lipinski definition) is 1. The van der Waals surface area contributed by atoms with Crippen molar-refractivity contribution >= 4 is 23.3 Å². The van der Waals surface area contributed by atoms with Crippen molar-refractivity contribution in [3.8, 4) is 0 Å². The van der Waals surface area contributed by atoms with Gasteiger partial charge in [-0.2, -0.15) is 0 Å². The monoisotopic (exact) mass is 384 g/mol. The molecule has 2 rings (SSSR count). The van der Waals surface area contributed by atoms with Gasteiger partial charge in [-0.3, -0.25) is 19.7 Å². The number of amides is 1. The summed E-state index contributed by atoms with van der Waals surface area (Å²) in [5.74, 6) is -1.79. The summed E-state index contributed by atoms with van der Waals surface area (Å²) in [6, 6.07) is 11.1. The number of hydrogen-bond acceptors (Lipinski definition) is 6. The first-order valence-corrected chi connectivity index (χ1v) is 8.66. The molecule has 0 aliphatic carbocycles. The second-order valence-corrected chi connectivity index (χ2v) is 6.08. The summed E-state index contributed by atoms with van der Waals surface area (Å²) in [6.07, 6.45) is 0.852. The quantitative estimate of drug-likeness (QED) is 0.324. The van der Waals surface area contributed by atoms with Crippen LogP contribution in [0.1, 0.15) is 40.1 Å². The third kappa shape index (κ3) is 5.47. The van der Waals surface area contributed by atoms with Crippen LogP contribution in [-0.2, 0) is 16.0 Å². The smallest absolute Gasteiger partial charge is 0.328 e.